The van der Waals surface area contributed by atoms with Gasteiger partial charge in [0, 0.05) is 18.9 Å². The van der Waals surface area contributed by atoms with Gasteiger partial charge in [-0.15, -0.1) is 0 Å². The van der Waals surface area contributed by atoms with Gasteiger partial charge in [0.1, 0.15) is 11.1 Å². The molecule has 1 aliphatic heterocycles. The second-order valence-corrected chi connectivity index (χ2v) is 6.98. The van der Waals surface area contributed by atoms with Crippen molar-refractivity contribution in [2.45, 2.75) is 37.8 Å². The number of hydrogen-bond acceptors (Lipinski definition) is 6. The van der Waals surface area contributed by atoms with E-state index in [0.717, 1.165) is 11.4 Å². The number of anilines is 1. The van der Waals surface area contributed by atoms with E-state index >= 15 is 0 Å². The van der Waals surface area contributed by atoms with Crippen LogP contribution < -0.4 is 15.8 Å². The maximum atomic E-state index is 12.0. The topological polar surface area (TPSA) is 116 Å². The predicted octanol–water partition coefficient (Wildman–Crippen LogP) is 1.53. The Balaban J connectivity index is 1.27. The molecule has 138 valence electrons. The minimum Gasteiger partial charge on any atom is -0.444 e. The smallest absolute Gasteiger partial charge is 0.407 e. The van der Waals surface area contributed by atoms with E-state index in [2.05, 4.69) is 25.7 Å². The molecule has 1 aliphatic carbocycles. The first-order valence-electron chi connectivity index (χ1n) is 8.57. The van der Waals surface area contributed by atoms with Gasteiger partial charge in [-0.2, -0.15) is 10.2 Å². The summed E-state index contributed by atoms with van der Waals surface area (Å²) < 4.78 is 5.45. The van der Waals surface area contributed by atoms with Crippen molar-refractivity contribution >= 4 is 23.4 Å². The van der Waals surface area contributed by atoms with Crippen molar-refractivity contribution in [3.63, 3.8) is 0 Å². The van der Waals surface area contributed by atoms with Crippen LogP contribution in [-0.2, 0) is 11.3 Å². The van der Waals surface area contributed by atoms with Gasteiger partial charge in [-0.1, -0.05) is 11.6 Å². The number of halogens is 1. The molecule has 1 saturated carbocycles. The van der Waals surface area contributed by atoms with E-state index in [9.17, 15) is 9.59 Å². The summed E-state index contributed by atoms with van der Waals surface area (Å²) in [5.41, 5.74) is 2.03. The van der Waals surface area contributed by atoms with Crippen LogP contribution in [0.5, 0.6) is 0 Å². The van der Waals surface area contributed by atoms with Crippen molar-refractivity contribution < 1.29 is 9.53 Å². The lowest BCUT2D eigenvalue weighted by Gasteiger charge is -2.18. The van der Waals surface area contributed by atoms with E-state index in [1.807, 2.05) is 11.0 Å². The molecular weight excluding hydrogens is 360 g/mol. The zero-order valence-electron chi connectivity index (χ0n) is 14.0. The van der Waals surface area contributed by atoms with Gasteiger partial charge in [-0.3, -0.25) is 9.89 Å². The molecule has 1 atom stereocenters. The first kappa shape index (κ1) is 16.9. The molecule has 0 radical (unpaired) electrons. The van der Waals surface area contributed by atoms with Crippen LogP contribution in [0.4, 0.5) is 10.5 Å². The van der Waals surface area contributed by atoms with Crippen LogP contribution in [0, 0.1) is 0 Å². The molecule has 4 rings (SSSR count). The Labute approximate surface area is 154 Å². The van der Waals surface area contributed by atoms with Crippen molar-refractivity contribution in [3.05, 3.63) is 39.0 Å². The number of ether oxygens (including phenoxy) is 1. The molecule has 3 heterocycles. The monoisotopic (exact) mass is 378 g/mol. The van der Waals surface area contributed by atoms with Crippen molar-refractivity contribution in [2.24, 2.45) is 0 Å². The Kier molecular flexibility index (Phi) is 4.54. The fourth-order valence-corrected chi connectivity index (χ4v) is 3.27. The number of aromatic nitrogens is 4. The van der Waals surface area contributed by atoms with Crippen LogP contribution in [0.2, 0.25) is 5.02 Å². The number of carbonyl (C=O) groups excluding carboxylic acids is 1. The molecule has 0 aromatic carbocycles. The van der Waals surface area contributed by atoms with Gasteiger partial charge in [0.05, 0.1) is 36.4 Å². The molecule has 2 fully saturated rings. The van der Waals surface area contributed by atoms with Crippen LogP contribution in [-0.4, -0.2) is 45.7 Å². The Morgan fingerprint density at radius 1 is 1.38 bits per heavy atom. The van der Waals surface area contributed by atoms with E-state index in [1.54, 1.807) is 0 Å². The highest BCUT2D eigenvalue weighted by atomic mass is 35.5. The van der Waals surface area contributed by atoms with Crippen molar-refractivity contribution in [2.75, 3.05) is 18.0 Å². The number of rotatable bonds is 5. The van der Waals surface area contributed by atoms with Crippen molar-refractivity contribution in [1.82, 2.24) is 25.7 Å². The summed E-state index contributed by atoms with van der Waals surface area (Å²) in [7, 11) is 0. The van der Waals surface area contributed by atoms with Crippen LogP contribution in [0.3, 0.4) is 0 Å². The number of carbonyl (C=O) groups is 1. The average molecular weight is 379 g/mol. The van der Waals surface area contributed by atoms with Gasteiger partial charge in [-0.05, 0) is 18.9 Å². The maximum absolute atomic E-state index is 12.0. The normalized spacial score (nSPS) is 19.6. The van der Waals surface area contributed by atoms with E-state index in [-0.39, 0.29) is 11.1 Å². The summed E-state index contributed by atoms with van der Waals surface area (Å²) in [5, 5.41) is 16.1. The van der Waals surface area contributed by atoms with Crippen molar-refractivity contribution in [1.29, 1.82) is 0 Å². The lowest BCUT2D eigenvalue weighted by Crippen LogP contribution is -2.31. The highest BCUT2D eigenvalue weighted by Crippen LogP contribution is 2.38. The highest BCUT2D eigenvalue weighted by molar-refractivity contribution is 6.33. The third-order valence-electron chi connectivity index (χ3n) is 4.61. The summed E-state index contributed by atoms with van der Waals surface area (Å²) in [6.07, 6.45) is 3.79. The number of aromatic amines is 2. The third-order valence-corrected chi connectivity index (χ3v) is 4.97. The summed E-state index contributed by atoms with van der Waals surface area (Å²) in [6.45, 7) is 1.45. The lowest BCUT2D eigenvalue weighted by molar-refractivity contribution is 0.107. The molecule has 1 saturated heterocycles. The van der Waals surface area contributed by atoms with Crippen LogP contribution in [0.25, 0.3) is 0 Å². The minimum absolute atomic E-state index is 0.0933. The predicted molar refractivity (Wildman–Crippen MR) is 94.4 cm³/mol. The Morgan fingerprint density at radius 2 is 2.23 bits per heavy atom. The van der Waals surface area contributed by atoms with Crippen LogP contribution >= 0.6 is 11.6 Å². The molecule has 0 spiro atoms. The molecule has 2 aromatic heterocycles. The number of H-pyrrole nitrogens is 2. The second kappa shape index (κ2) is 6.99. The Bertz CT molecular complexity index is 862. The Morgan fingerprint density at radius 3 is 3.04 bits per heavy atom. The first-order valence-corrected chi connectivity index (χ1v) is 8.94. The third kappa shape index (κ3) is 3.67. The van der Waals surface area contributed by atoms with E-state index < -0.39 is 11.7 Å². The zero-order chi connectivity index (χ0) is 18.1. The van der Waals surface area contributed by atoms with Crippen LogP contribution in [0.1, 0.15) is 36.6 Å². The minimum atomic E-state index is -0.477. The van der Waals surface area contributed by atoms with E-state index in [0.29, 0.717) is 37.7 Å². The fourth-order valence-electron chi connectivity index (χ4n) is 3.06. The van der Waals surface area contributed by atoms with E-state index in [1.165, 1.54) is 19.0 Å². The number of hydrogen-bond donors (Lipinski definition) is 3. The van der Waals surface area contributed by atoms with Crippen molar-refractivity contribution in [3.8, 4) is 0 Å². The SMILES string of the molecule is O=C(NCc1cc(C2CC2)n[nH]1)O[C@@H]1CCN(c2cn[nH]c(=O)c2Cl)C1. The molecule has 2 aliphatic rings. The summed E-state index contributed by atoms with van der Waals surface area (Å²) in [6, 6.07) is 1.98. The highest BCUT2D eigenvalue weighted by Gasteiger charge is 2.28. The summed E-state index contributed by atoms with van der Waals surface area (Å²) >= 11 is 6.02. The molecule has 3 N–H and O–H groups in total. The average Bonchev–Trinajstić information content (AvgIpc) is 3.19. The van der Waals surface area contributed by atoms with Gasteiger partial charge in [0.2, 0.25) is 0 Å². The lowest BCUT2D eigenvalue weighted by atomic mass is 10.3. The number of amides is 1. The summed E-state index contributed by atoms with van der Waals surface area (Å²) in [5.74, 6) is 0.572. The number of nitrogens with one attached hydrogen (secondary N) is 3. The first-order chi connectivity index (χ1) is 12.6. The van der Waals surface area contributed by atoms with Gasteiger partial charge < -0.3 is 15.0 Å². The number of nitrogens with zero attached hydrogens (tertiary/aromatic N) is 3. The Hall–Kier alpha value is -2.55. The fraction of sp³-hybridized carbons (Fsp3) is 0.500. The molecule has 2 aromatic rings. The molecular formula is C16H19ClN6O3. The summed E-state index contributed by atoms with van der Waals surface area (Å²) in [4.78, 5) is 25.4. The molecule has 1 amide bonds. The molecule has 0 bridgehead atoms. The second-order valence-electron chi connectivity index (χ2n) is 6.61. The quantitative estimate of drug-likeness (QED) is 0.726. The zero-order valence-corrected chi connectivity index (χ0v) is 14.8. The van der Waals surface area contributed by atoms with Gasteiger partial charge in [0.15, 0.2) is 0 Å². The molecule has 10 heteroatoms. The molecule has 26 heavy (non-hydrogen) atoms. The van der Waals surface area contributed by atoms with E-state index in [4.69, 9.17) is 16.3 Å². The van der Waals surface area contributed by atoms with Gasteiger partial charge in [0.25, 0.3) is 5.56 Å². The standard InChI is InChI=1S/C16H19ClN6O3/c17-14-13(7-19-22-15(14)24)23-4-3-11(8-23)26-16(25)18-6-10-5-12(21-20-10)9-1-2-9/h5,7,9,11H,1-4,6,8H2,(H,18,25)(H,20,21)(H,22,24)/t11-/m1/s1. The maximum Gasteiger partial charge on any atom is 0.407 e. The van der Waals surface area contributed by atoms with Gasteiger partial charge >= 0.3 is 6.09 Å². The number of alkyl carbamates (subject to hydrolysis) is 1. The molecule has 0 unspecified atom stereocenters. The van der Waals surface area contributed by atoms with Crippen LogP contribution in [0.15, 0.2) is 17.1 Å². The molecule has 9 nitrogen and oxygen atoms in total. The largest absolute Gasteiger partial charge is 0.444 e. The van der Waals surface area contributed by atoms with Gasteiger partial charge in [-0.25, -0.2) is 9.89 Å².